The van der Waals surface area contributed by atoms with Gasteiger partial charge in [0.05, 0.1) is 0 Å². The summed E-state index contributed by atoms with van der Waals surface area (Å²) in [4.78, 5) is 4.14. The van der Waals surface area contributed by atoms with Gasteiger partial charge in [0.1, 0.15) is 0 Å². The summed E-state index contributed by atoms with van der Waals surface area (Å²) in [6.07, 6.45) is 3.72. The summed E-state index contributed by atoms with van der Waals surface area (Å²) in [7, 11) is 1.93. The van der Waals surface area contributed by atoms with E-state index < -0.39 is 0 Å². The van der Waals surface area contributed by atoms with Gasteiger partial charge in [0.25, 0.3) is 0 Å². The smallest absolute Gasteiger partial charge is 0.188 e. The Morgan fingerprint density at radius 3 is 2.94 bits per heavy atom. The lowest BCUT2D eigenvalue weighted by Crippen LogP contribution is -2.33. The van der Waals surface area contributed by atoms with Crippen LogP contribution >= 0.6 is 24.0 Å². The van der Waals surface area contributed by atoms with Gasteiger partial charge in [-0.15, -0.1) is 24.0 Å². The van der Waals surface area contributed by atoms with E-state index in [0.717, 1.165) is 25.9 Å². The van der Waals surface area contributed by atoms with Crippen molar-refractivity contribution in [3.05, 3.63) is 18.0 Å². The Morgan fingerprint density at radius 1 is 1.62 bits per heavy atom. The van der Waals surface area contributed by atoms with E-state index in [1.165, 1.54) is 5.69 Å². The SMILES string of the molecule is CCCN=C(N)NCCc1ccnn1C.I. The van der Waals surface area contributed by atoms with E-state index in [9.17, 15) is 0 Å². The molecule has 0 unspecified atom stereocenters. The number of aromatic nitrogens is 2. The minimum Gasteiger partial charge on any atom is -0.370 e. The van der Waals surface area contributed by atoms with Crippen LogP contribution in [0.2, 0.25) is 0 Å². The van der Waals surface area contributed by atoms with Crippen molar-refractivity contribution < 1.29 is 0 Å². The van der Waals surface area contributed by atoms with Crippen LogP contribution in [-0.4, -0.2) is 28.8 Å². The van der Waals surface area contributed by atoms with E-state index in [0.29, 0.717) is 5.96 Å². The Labute approximate surface area is 114 Å². The number of aliphatic imine (C=N–C) groups is 1. The molecule has 0 saturated heterocycles. The van der Waals surface area contributed by atoms with Gasteiger partial charge in [-0.2, -0.15) is 5.10 Å². The van der Waals surface area contributed by atoms with Crippen molar-refractivity contribution in [2.45, 2.75) is 19.8 Å². The number of nitrogens with one attached hydrogen (secondary N) is 1. The molecular weight excluding hydrogens is 317 g/mol. The first-order valence-corrected chi connectivity index (χ1v) is 5.24. The molecule has 5 nitrogen and oxygen atoms in total. The number of hydrogen-bond acceptors (Lipinski definition) is 2. The summed E-state index contributed by atoms with van der Waals surface area (Å²) in [5, 5.41) is 7.16. The van der Waals surface area contributed by atoms with Gasteiger partial charge < -0.3 is 11.1 Å². The molecular formula is C10H20IN5. The number of aryl methyl sites for hydroxylation is 1. The van der Waals surface area contributed by atoms with Gasteiger partial charge in [-0.25, -0.2) is 0 Å². The molecule has 92 valence electrons. The molecule has 0 amide bonds. The van der Waals surface area contributed by atoms with Crippen molar-refractivity contribution in [3.63, 3.8) is 0 Å². The van der Waals surface area contributed by atoms with Crippen molar-refractivity contribution in [2.24, 2.45) is 17.8 Å². The Morgan fingerprint density at radius 2 is 2.38 bits per heavy atom. The van der Waals surface area contributed by atoms with E-state index in [2.05, 4.69) is 22.3 Å². The minimum atomic E-state index is 0. The topological polar surface area (TPSA) is 68.2 Å². The predicted molar refractivity (Wildman–Crippen MR) is 77.1 cm³/mol. The Kier molecular flexibility index (Phi) is 7.96. The molecule has 0 aliphatic carbocycles. The minimum absolute atomic E-state index is 0. The number of nitrogens with two attached hydrogens (primary N) is 1. The second-order valence-corrected chi connectivity index (χ2v) is 3.39. The molecule has 16 heavy (non-hydrogen) atoms. The molecule has 0 atom stereocenters. The van der Waals surface area contributed by atoms with E-state index >= 15 is 0 Å². The van der Waals surface area contributed by atoms with Crippen molar-refractivity contribution in [1.82, 2.24) is 15.1 Å². The highest BCUT2D eigenvalue weighted by Gasteiger charge is 1.97. The Bertz CT molecular complexity index is 321. The average molecular weight is 337 g/mol. The first kappa shape index (κ1) is 15.2. The van der Waals surface area contributed by atoms with E-state index in [1.807, 2.05) is 17.8 Å². The summed E-state index contributed by atoms with van der Waals surface area (Å²) in [6.45, 7) is 3.65. The van der Waals surface area contributed by atoms with E-state index in [1.54, 1.807) is 6.20 Å². The zero-order valence-corrected chi connectivity index (χ0v) is 12.1. The third kappa shape index (κ3) is 5.34. The van der Waals surface area contributed by atoms with Gasteiger partial charge in [-0.05, 0) is 12.5 Å². The summed E-state index contributed by atoms with van der Waals surface area (Å²) in [5.41, 5.74) is 6.84. The van der Waals surface area contributed by atoms with Crippen LogP contribution in [0, 0.1) is 0 Å². The maximum atomic E-state index is 5.65. The highest BCUT2D eigenvalue weighted by molar-refractivity contribution is 14.0. The van der Waals surface area contributed by atoms with Crippen LogP contribution in [0.25, 0.3) is 0 Å². The Hall–Kier alpha value is -0.790. The lowest BCUT2D eigenvalue weighted by Gasteiger charge is -2.05. The third-order valence-electron chi connectivity index (χ3n) is 2.12. The van der Waals surface area contributed by atoms with Gasteiger partial charge >= 0.3 is 0 Å². The monoisotopic (exact) mass is 337 g/mol. The third-order valence-corrected chi connectivity index (χ3v) is 2.12. The number of guanidine groups is 1. The molecule has 0 aliphatic heterocycles. The Balaban J connectivity index is 0.00000225. The maximum Gasteiger partial charge on any atom is 0.188 e. The summed E-state index contributed by atoms with van der Waals surface area (Å²) >= 11 is 0. The summed E-state index contributed by atoms with van der Waals surface area (Å²) < 4.78 is 1.86. The van der Waals surface area contributed by atoms with Gasteiger partial charge in [0.2, 0.25) is 0 Å². The first-order valence-electron chi connectivity index (χ1n) is 5.24. The predicted octanol–water partition coefficient (Wildman–Crippen LogP) is 0.895. The molecule has 0 bridgehead atoms. The molecule has 0 aromatic carbocycles. The molecule has 0 radical (unpaired) electrons. The normalized spacial score (nSPS) is 11.0. The summed E-state index contributed by atoms with van der Waals surface area (Å²) in [5.74, 6) is 0.527. The molecule has 0 fully saturated rings. The molecule has 1 aromatic rings. The molecule has 6 heteroatoms. The molecule has 3 N–H and O–H groups in total. The first-order chi connectivity index (χ1) is 7.24. The van der Waals surface area contributed by atoms with Crippen LogP contribution < -0.4 is 11.1 Å². The van der Waals surface area contributed by atoms with Crippen LogP contribution in [0.5, 0.6) is 0 Å². The fourth-order valence-electron chi connectivity index (χ4n) is 1.25. The van der Waals surface area contributed by atoms with E-state index in [4.69, 9.17) is 5.73 Å². The number of rotatable bonds is 5. The number of hydrogen-bond donors (Lipinski definition) is 2. The van der Waals surface area contributed by atoms with Gasteiger partial charge in [0, 0.05) is 38.4 Å². The molecule has 1 heterocycles. The standard InChI is InChI=1S/C10H19N5.HI/c1-3-6-12-10(11)13-7-4-9-5-8-14-15(9)2;/h5,8H,3-4,6-7H2,1-2H3,(H3,11,12,13);1H. The zero-order chi connectivity index (χ0) is 11.1. The van der Waals surface area contributed by atoms with Gasteiger partial charge in [-0.1, -0.05) is 6.92 Å². The summed E-state index contributed by atoms with van der Waals surface area (Å²) in [6, 6.07) is 2.00. The molecule has 1 rings (SSSR count). The fraction of sp³-hybridized carbons (Fsp3) is 0.600. The van der Waals surface area contributed by atoms with Crippen LogP contribution in [-0.2, 0) is 13.5 Å². The van der Waals surface area contributed by atoms with Crippen LogP contribution in [0.4, 0.5) is 0 Å². The molecule has 0 saturated carbocycles. The molecule has 1 aromatic heterocycles. The van der Waals surface area contributed by atoms with Crippen molar-refractivity contribution in [2.75, 3.05) is 13.1 Å². The lowest BCUT2D eigenvalue weighted by atomic mass is 10.3. The number of nitrogens with zero attached hydrogens (tertiary/aromatic N) is 3. The van der Waals surface area contributed by atoms with E-state index in [-0.39, 0.29) is 24.0 Å². The maximum absolute atomic E-state index is 5.65. The highest BCUT2D eigenvalue weighted by Crippen LogP contribution is 1.95. The van der Waals surface area contributed by atoms with Crippen molar-refractivity contribution >= 4 is 29.9 Å². The second-order valence-electron chi connectivity index (χ2n) is 3.39. The lowest BCUT2D eigenvalue weighted by molar-refractivity contribution is 0.694. The fourth-order valence-corrected chi connectivity index (χ4v) is 1.25. The van der Waals surface area contributed by atoms with Crippen LogP contribution in [0.15, 0.2) is 17.3 Å². The molecule has 0 spiro atoms. The van der Waals surface area contributed by atoms with Gasteiger partial charge in [0.15, 0.2) is 5.96 Å². The average Bonchev–Trinajstić information content (AvgIpc) is 2.61. The zero-order valence-electron chi connectivity index (χ0n) is 9.81. The quantitative estimate of drug-likeness (QED) is 0.476. The largest absolute Gasteiger partial charge is 0.370 e. The number of halogens is 1. The highest BCUT2D eigenvalue weighted by atomic mass is 127. The molecule has 0 aliphatic rings. The second kappa shape index (κ2) is 8.37. The van der Waals surface area contributed by atoms with Gasteiger partial charge in [-0.3, -0.25) is 9.67 Å². The van der Waals surface area contributed by atoms with Crippen molar-refractivity contribution in [1.29, 1.82) is 0 Å². The van der Waals surface area contributed by atoms with Crippen molar-refractivity contribution in [3.8, 4) is 0 Å². The van der Waals surface area contributed by atoms with Crippen LogP contribution in [0.3, 0.4) is 0 Å². The van der Waals surface area contributed by atoms with Crippen LogP contribution in [0.1, 0.15) is 19.0 Å².